The SMILES string of the molecule is O=C=O.[Na+].[Na+].[O-2]. The molecule has 0 saturated carbocycles. The van der Waals surface area contributed by atoms with Gasteiger partial charge in [0.1, 0.15) is 0 Å². The van der Waals surface area contributed by atoms with Crippen molar-refractivity contribution in [3.8, 4) is 0 Å². The van der Waals surface area contributed by atoms with Gasteiger partial charge < -0.3 is 5.48 Å². The first kappa shape index (κ1) is 26.4. The molecule has 0 bridgehead atoms. The minimum atomic E-state index is 0. The van der Waals surface area contributed by atoms with Crippen LogP contribution in [0.15, 0.2) is 0 Å². The van der Waals surface area contributed by atoms with Gasteiger partial charge in [0.05, 0.1) is 0 Å². The minimum Gasteiger partial charge on any atom is -2.00 e. The molecule has 0 aromatic heterocycles. The van der Waals surface area contributed by atoms with Crippen LogP contribution in [-0.4, -0.2) is 6.15 Å². The van der Waals surface area contributed by atoms with Gasteiger partial charge in [0.25, 0.3) is 0 Å². The molecule has 0 amide bonds. The van der Waals surface area contributed by atoms with E-state index in [9.17, 15) is 0 Å². The monoisotopic (exact) mass is 106 g/mol. The summed E-state index contributed by atoms with van der Waals surface area (Å²) in [5.41, 5.74) is 0. The van der Waals surface area contributed by atoms with Crippen LogP contribution in [-0.2, 0) is 15.1 Å². The molecule has 0 aliphatic rings. The average molecular weight is 106 g/mol. The van der Waals surface area contributed by atoms with Crippen LogP contribution >= 0.6 is 0 Å². The summed E-state index contributed by atoms with van der Waals surface area (Å²) < 4.78 is 0. The molecule has 5 heteroatoms. The fourth-order valence-corrected chi connectivity index (χ4v) is 0. The van der Waals surface area contributed by atoms with Crippen LogP contribution < -0.4 is 59.1 Å². The number of carbonyl (C=O) groups excluding carboxylic acids is 2. The van der Waals surface area contributed by atoms with Gasteiger partial charge in [0.2, 0.25) is 0 Å². The molecule has 0 aromatic carbocycles. The summed E-state index contributed by atoms with van der Waals surface area (Å²) in [6.45, 7) is 0. The predicted molar refractivity (Wildman–Crippen MR) is 5.69 cm³/mol. The first-order chi connectivity index (χ1) is 1.41. The van der Waals surface area contributed by atoms with E-state index >= 15 is 0 Å². The molecule has 24 valence electrons. The molecule has 0 heterocycles. The molecule has 0 rings (SSSR count). The maximum absolute atomic E-state index is 8.12. The second kappa shape index (κ2) is 33.0. The summed E-state index contributed by atoms with van der Waals surface area (Å²) >= 11 is 0. The van der Waals surface area contributed by atoms with E-state index in [0.717, 1.165) is 0 Å². The van der Waals surface area contributed by atoms with Crippen molar-refractivity contribution < 1.29 is 74.2 Å². The maximum atomic E-state index is 8.12. The Hall–Kier alpha value is 1.34. The van der Waals surface area contributed by atoms with Gasteiger partial charge in [-0.25, -0.2) is 0 Å². The van der Waals surface area contributed by atoms with Gasteiger partial charge in [-0.15, -0.1) is 0 Å². The number of hydrogen-bond acceptors (Lipinski definition) is 2. The Bertz CT molecular complexity index is 29.8. The molecule has 0 aromatic rings. The topological polar surface area (TPSA) is 62.6 Å². The van der Waals surface area contributed by atoms with Gasteiger partial charge in [-0.3, -0.25) is 0 Å². The van der Waals surface area contributed by atoms with Gasteiger partial charge in [-0.2, -0.15) is 9.59 Å². The van der Waals surface area contributed by atoms with Crippen molar-refractivity contribution in [3.05, 3.63) is 0 Å². The van der Waals surface area contributed by atoms with Crippen molar-refractivity contribution >= 4 is 6.15 Å². The van der Waals surface area contributed by atoms with Crippen molar-refractivity contribution in [2.75, 3.05) is 0 Å². The third-order valence-corrected chi connectivity index (χ3v) is 0. The average Bonchev–Trinajstić information content (AvgIpc) is 0.918. The molecule has 3 nitrogen and oxygen atoms in total. The summed E-state index contributed by atoms with van der Waals surface area (Å²) in [4.78, 5) is 16.2. The van der Waals surface area contributed by atoms with Crippen molar-refractivity contribution in [1.29, 1.82) is 0 Å². The molecule has 0 saturated heterocycles. The molecule has 0 aliphatic heterocycles. The van der Waals surface area contributed by atoms with E-state index in [1.165, 1.54) is 0 Å². The van der Waals surface area contributed by atoms with E-state index in [0.29, 0.717) is 0 Å². The Labute approximate surface area is 79.4 Å². The minimum absolute atomic E-state index is 0. The first-order valence-corrected chi connectivity index (χ1v) is 0.408. The second-order valence-corrected chi connectivity index (χ2v) is 0.0833. The molecule has 0 unspecified atom stereocenters. The van der Waals surface area contributed by atoms with Crippen molar-refractivity contribution in [2.24, 2.45) is 0 Å². The van der Waals surface area contributed by atoms with E-state index in [4.69, 9.17) is 9.59 Å². The van der Waals surface area contributed by atoms with Crippen molar-refractivity contribution in [3.63, 3.8) is 0 Å². The molecule has 0 atom stereocenters. The Morgan fingerprint density at radius 2 is 1.00 bits per heavy atom. The largest absolute Gasteiger partial charge is 2.00 e. The maximum Gasteiger partial charge on any atom is 1.00 e. The standard InChI is InChI=1S/CO2.2Na.O/c2-1-3;;;/q;2*+1;-2. The summed E-state index contributed by atoms with van der Waals surface area (Å²) in [5.74, 6) is 0. The molecular formula is CNa2O3. The molecule has 0 fully saturated rings. The van der Waals surface area contributed by atoms with Crippen molar-refractivity contribution in [2.45, 2.75) is 0 Å². The molecule has 0 radical (unpaired) electrons. The Morgan fingerprint density at radius 1 is 1.00 bits per heavy atom. The van der Waals surface area contributed by atoms with Gasteiger partial charge in [-0.1, -0.05) is 0 Å². The summed E-state index contributed by atoms with van der Waals surface area (Å²) in [6.07, 6.45) is 0.250. The summed E-state index contributed by atoms with van der Waals surface area (Å²) in [7, 11) is 0. The van der Waals surface area contributed by atoms with Gasteiger partial charge in [-0.05, 0) is 0 Å². The Kier molecular flexibility index (Phi) is 146. The number of rotatable bonds is 0. The number of hydrogen-bond donors (Lipinski definition) is 0. The van der Waals surface area contributed by atoms with Gasteiger partial charge in [0, 0.05) is 0 Å². The van der Waals surface area contributed by atoms with Crippen LogP contribution in [0, 0.1) is 0 Å². The fourth-order valence-electron chi connectivity index (χ4n) is 0. The van der Waals surface area contributed by atoms with E-state index in [1.54, 1.807) is 0 Å². The van der Waals surface area contributed by atoms with Gasteiger partial charge in [0.15, 0.2) is 0 Å². The zero-order valence-electron chi connectivity index (χ0n) is 3.72. The fraction of sp³-hybridized carbons (Fsp3) is 0. The summed E-state index contributed by atoms with van der Waals surface area (Å²) in [5, 5.41) is 0. The van der Waals surface area contributed by atoms with Crippen LogP contribution in [0.25, 0.3) is 0 Å². The van der Waals surface area contributed by atoms with Crippen LogP contribution in [0.3, 0.4) is 0 Å². The molecule has 0 N–H and O–H groups in total. The second-order valence-electron chi connectivity index (χ2n) is 0.0833. The van der Waals surface area contributed by atoms with Crippen LogP contribution in [0.1, 0.15) is 0 Å². The Morgan fingerprint density at radius 3 is 1.00 bits per heavy atom. The third-order valence-electron chi connectivity index (χ3n) is 0. The molecule has 0 spiro atoms. The van der Waals surface area contributed by atoms with E-state index in [-0.39, 0.29) is 70.7 Å². The van der Waals surface area contributed by atoms with Crippen molar-refractivity contribution in [1.82, 2.24) is 0 Å². The predicted octanol–water partition coefficient (Wildman–Crippen LogP) is -6.69. The molecule has 0 aliphatic carbocycles. The zero-order valence-corrected chi connectivity index (χ0v) is 7.72. The van der Waals surface area contributed by atoms with Gasteiger partial charge >= 0.3 is 65.3 Å². The third kappa shape index (κ3) is 56.0. The quantitative estimate of drug-likeness (QED) is 0.288. The normalized spacial score (nSPS) is 1.33. The van der Waals surface area contributed by atoms with E-state index in [2.05, 4.69) is 0 Å². The molecule has 6 heavy (non-hydrogen) atoms. The van der Waals surface area contributed by atoms with Crippen LogP contribution in [0.5, 0.6) is 0 Å². The molecular weight excluding hydrogens is 106 g/mol. The first-order valence-electron chi connectivity index (χ1n) is 0.408. The van der Waals surface area contributed by atoms with E-state index in [1.807, 2.05) is 0 Å². The van der Waals surface area contributed by atoms with Crippen LogP contribution in [0.4, 0.5) is 0 Å². The zero-order chi connectivity index (χ0) is 2.71. The Balaban J connectivity index is -0.00000000667. The van der Waals surface area contributed by atoms with E-state index < -0.39 is 0 Å². The summed E-state index contributed by atoms with van der Waals surface area (Å²) in [6, 6.07) is 0. The smallest absolute Gasteiger partial charge is 1.00 e. The van der Waals surface area contributed by atoms with Crippen LogP contribution in [0.2, 0.25) is 0 Å².